The van der Waals surface area contributed by atoms with Crippen molar-refractivity contribution < 1.29 is 14.3 Å². The van der Waals surface area contributed by atoms with Crippen LogP contribution in [0.15, 0.2) is 72.8 Å². The molecule has 1 atom stereocenters. The first-order valence-corrected chi connectivity index (χ1v) is 9.47. The molecule has 3 aromatic rings. The standard InChI is InChI=1S/C23H22N4O3.ClH/c24-22(25)16-6-9-18(10-7-16)27(13-15-4-2-1-3-5-15)21(23(26)28)17-8-11-19-20(12-17)30-14-29-19;/h1-12,21H,13-14H2,(H3,24,25)(H2,26,28);1H. The van der Waals surface area contributed by atoms with Gasteiger partial charge in [-0.3, -0.25) is 10.2 Å². The Hall–Kier alpha value is -3.71. The van der Waals surface area contributed by atoms with Crippen LogP contribution in [-0.4, -0.2) is 18.5 Å². The fraction of sp³-hybridized carbons (Fsp3) is 0.130. The van der Waals surface area contributed by atoms with Crippen LogP contribution >= 0.6 is 12.4 Å². The topological polar surface area (TPSA) is 115 Å². The van der Waals surface area contributed by atoms with E-state index >= 15 is 0 Å². The highest BCUT2D eigenvalue weighted by atomic mass is 35.5. The highest BCUT2D eigenvalue weighted by Crippen LogP contribution is 2.37. The van der Waals surface area contributed by atoms with Gasteiger partial charge in [0.1, 0.15) is 11.9 Å². The van der Waals surface area contributed by atoms with Gasteiger partial charge < -0.3 is 25.8 Å². The van der Waals surface area contributed by atoms with Gasteiger partial charge in [-0.15, -0.1) is 12.4 Å². The highest BCUT2D eigenvalue weighted by Gasteiger charge is 2.28. The molecule has 0 fully saturated rings. The molecular formula is C23H23ClN4O3. The van der Waals surface area contributed by atoms with E-state index < -0.39 is 11.9 Å². The van der Waals surface area contributed by atoms with Crippen molar-refractivity contribution in [3.05, 3.63) is 89.5 Å². The van der Waals surface area contributed by atoms with Gasteiger partial charge in [-0.05, 0) is 47.5 Å². The van der Waals surface area contributed by atoms with Crippen molar-refractivity contribution in [2.75, 3.05) is 11.7 Å². The lowest BCUT2D eigenvalue weighted by Gasteiger charge is -2.32. The molecule has 1 unspecified atom stereocenters. The first-order valence-electron chi connectivity index (χ1n) is 9.47. The smallest absolute Gasteiger partial charge is 0.244 e. The number of hydrogen-bond donors (Lipinski definition) is 3. The molecule has 0 aliphatic carbocycles. The number of halogens is 1. The van der Waals surface area contributed by atoms with E-state index in [-0.39, 0.29) is 25.0 Å². The van der Waals surface area contributed by atoms with E-state index in [2.05, 4.69) is 0 Å². The van der Waals surface area contributed by atoms with Crippen LogP contribution in [0.4, 0.5) is 5.69 Å². The lowest BCUT2D eigenvalue weighted by atomic mass is 10.0. The summed E-state index contributed by atoms with van der Waals surface area (Å²) in [4.78, 5) is 14.6. The Kier molecular flexibility index (Phi) is 6.67. The Morgan fingerprint density at radius 1 is 0.968 bits per heavy atom. The van der Waals surface area contributed by atoms with E-state index in [1.54, 1.807) is 24.3 Å². The van der Waals surface area contributed by atoms with Gasteiger partial charge in [-0.1, -0.05) is 36.4 Å². The molecule has 1 heterocycles. The number of anilines is 1. The van der Waals surface area contributed by atoms with Crippen molar-refractivity contribution in [3.8, 4) is 11.5 Å². The second kappa shape index (κ2) is 9.40. The summed E-state index contributed by atoms with van der Waals surface area (Å²) in [5.41, 5.74) is 14.6. The van der Waals surface area contributed by atoms with E-state index in [1.807, 2.05) is 53.4 Å². The molecule has 0 spiro atoms. The fourth-order valence-corrected chi connectivity index (χ4v) is 3.53. The molecule has 0 radical (unpaired) electrons. The number of carbonyl (C=O) groups excluding carboxylic acids is 1. The average Bonchev–Trinajstić information content (AvgIpc) is 3.22. The third-order valence-corrected chi connectivity index (χ3v) is 5.00. The Balaban J connectivity index is 0.00000272. The molecule has 3 aromatic carbocycles. The molecule has 1 aliphatic heterocycles. The zero-order valence-electron chi connectivity index (χ0n) is 16.7. The van der Waals surface area contributed by atoms with E-state index in [0.29, 0.717) is 29.2 Å². The van der Waals surface area contributed by atoms with Crippen molar-refractivity contribution in [3.63, 3.8) is 0 Å². The molecular weight excluding hydrogens is 416 g/mol. The monoisotopic (exact) mass is 438 g/mol. The maximum absolute atomic E-state index is 12.6. The second-order valence-electron chi connectivity index (χ2n) is 6.99. The summed E-state index contributed by atoms with van der Waals surface area (Å²) in [7, 11) is 0. The van der Waals surface area contributed by atoms with Crippen LogP contribution in [0.5, 0.6) is 11.5 Å². The lowest BCUT2D eigenvalue weighted by Crippen LogP contribution is -2.37. The van der Waals surface area contributed by atoms with Gasteiger partial charge in [-0.25, -0.2) is 0 Å². The summed E-state index contributed by atoms with van der Waals surface area (Å²) in [6, 6.07) is 21.7. The number of primary amides is 1. The van der Waals surface area contributed by atoms with Crippen molar-refractivity contribution in [1.29, 1.82) is 5.41 Å². The maximum Gasteiger partial charge on any atom is 0.244 e. The Morgan fingerprint density at radius 2 is 1.65 bits per heavy atom. The quantitative estimate of drug-likeness (QED) is 0.386. The molecule has 7 nitrogen and oxygen atoms in total. The largest absolute Gasteiger partial charge is 0.454 e. The van der Waals surface area contributed by atoms with Gasteiger partial charge in [0.05, 0.1) is 0 Å². The van der Waals surface area contributed by atoms with Gasteiger partial charge in [-0.2, -0.15) is 0 Å². The van der Waals surface area contributed by atoms with Crippen LogP contribution in [0, 0.1) is 5.41 Å². The van der Waals surface area contributed by atoms with E-state index in [0.717, 1.165) is 11.3 Å². The molecule has 31 heavy (non-hydrogen) atoms. The van der Waals surface area contributed by atoms with Crippen molar-refractivity contribution in [2.24, 2.45) is 11.5 Å². The van der Waals surface area contributed by atoms with Crippen LogP contribution in [0.25, 0.3) is 0 Å². The minimum Gasteiger partial charge on any atom is -0.454 e. The Bertz CT molecular complexity index is 1070. The Morgan fingerprint density at radius 3 is 2.29 bits per heavy atom. The number of amides is 1. The van der Waals surface area contributed by atoms with Crippen LogP contribution in [0.1, 0.15) is 22.7 Å². The number of nitrogens with two attached hydrogens (primary N) is 2. The molecule has 0 saturated carbocycles. The van der Waals surface area contributed by atoms with Crippen molar-refractivity contribution in [2.45, 2.75) is 12.6 Å². The number of benzene rings is 3. The Labute approximate surface area is 186 Å². The van der Waals surface area contributed by atoms with Crippen molar-refractivity contribution >= 4 is 29.8 Å². The summed E-state index contributed by atoms with van der Waals surface area (Å²) in [5, 5.41) is 7.61. The van der Waals surface area contributed by atoms with E-state index in [1.165, 1.54) is 0 Å². The van der Waals surface area contributed by atoms with Crippen LogP contribution in [0.3, 0.4) is 0 Å². The highest BCUT2D eigenvalue weighted by molar-refractivity contribution is 5.95. The van der Waals surface area contributed by atoms with Gasteiger partial charge >= 0.3 is 0 Å². The van der Waals surface area contributed by atoms with Crippen LogP contribution < -0.4 is 25.8 Å². The third-order valence-electron chi connectivity index (χ3n) is 5.00. The first kappa shape index (κ1) is 22.0. The summed E-state index contributed by atoms with van der Waals surface area (Å²) >= 11 is 0. The lowest BCUT2D eigenvalue weighted by molar-refractivity contribution is -0.119. The predicted molar refractivity (Wildman–Crippen MR) is 122 cm³/mol. The second-order valence-corrected chi connectivity index (χ2v) is 6.99. The molecule has 0 saturated heterocycles. The zero-order valence-corrected chi connectivity index (χ0v) is 17.5. The fourth-order valence-electron chi connectivity index (χ4n) is 3.53. The number of nitrogen functional groups attached to an aromatic ring is 1. The van der Waals surface area contributed by atoms with Gasteiger partial charge in [0.2, 0.25) is 12.7 Å². The number of nitrogens with one attached hydrogen (secondary N) is 1. The minimum atomic E-state index is -0.733. The molecule has 4 rings (SSSR count). The average molecular weight is 439 g/mol. The summed E-state index contributed by atoms with van der Waals surface area (Å²) in [6.07, 6.45) is 0. The van der Waals surface area contributed by atoms with E-state index in [9.17, 15) is 4.79 Å². The number of amidine groups is 1. The van der Waals surface area contributed by atoms with Gasteiger partial charge in [0, 0.05) is 17.8 Å². The molecule has 8 heteroatoms. The SMILES string of the molecule is Cl.N=C(N)c1ccc(N(Cc2ccccc2)C(C(N)=O)c2ccc3c(c2)OCO3)cc1. The normalized spacial score (nSPS) is 12.5. The summed E-state index contributed by atoms with van der Waals surface area (Å²) in [5.74, 6) is 0.728. The van der Waals surface area contributed by atoms with E-state index in [4.69, 9.17) is 26.4 Å². The number of nitrogens with zero attached hydrogens (tertiary/aromatic N) is 1. The van der Waals surface area contributed by atoms with Crippen LogP contribution in [-0.2, 0) is 11.3 Å². The minimum absolute atomic E-state index is 0. The number of ether oxygens (including phenoxy) is 2. The molecule has 0 bridgehead atoms. The number of hydrogen-bond acceptors (Lipinski definition) is 5. The molecule has 1 aliphatic rings. The zero-order chi connectivity index (χ0) is 21.1. The molecule has 160 valence electrons. The number of rotatable bonds is 7. The predicted octanol–water partition coefficient (Wildman–Crippen LogP) is 3.35. The third kappa shape index (κ3) is 4.73. The van der Waals surface area contributed by atoms with Crippen molar-refractivity contribution in [1.82, 2.24) is 0 Å². The molecule has 1 amide bonds. The van der Waals surface area contributed by atoms with Gasteiger partial charge in [0.25, 0.3) is 0 Å². The number of carbonyl (C=O) groups is 1. The van der Waals surface area contributed by atoms with Gasteiger partial charge in [0.15, 0.2) is 11.5 Å². The summed E-state index contributed by atoms with van der Waals surface area (Å²) in [6.45, 7) is 0.614. The number of fused-ring (bicyclic) bond motifs is 1. The maximum atomic E-state index is 12.6. The van der Waals surface area contributed by atoms with Crippen LogP contribution in [0.2, 0.25) is 0 Å². The molecule has 0 aromatic heterocycles. The first-order chi connectivity index (χ1) is 14.5. The molecule has 5 N–H and O–H groups in total. The summed E-state index contributed by atoms with van der Waals surface area (Å²) < 4.78 is 10.9.